The van der Waals surface area contributed by atoms with Gasteiger partial charge in [-0.1, -0.05) is 29.0 Å². The molecule has 0 unspecified atom stereocenters. The van der Waals surface area contributed by atoms with Crippen LogP contribution < -0.4 is 14.8 Å². The van der Waals surface area contributed by atoms with Crippen molar-refractivity contribution in [3.63, 3.8) is 0 Å². The Bertz CT molecular complexity index is 958. The molecule has 0 saturated heterocycles. The van der Waals surface area contributed by atoms with Crippen LogP contribution in [0.1, 0.15) is 21.6 Å². The second-order valence-corrected chi connectivity index (χ2v) is 5.93. The third-order valence-corrected chi connectivity index (χ3v) is 3.92. The Kier molecular flexibility index (Phi) is 5.83. The zero-order chi connectivity index (χ0) is 20.1. The predicted octanol–water partition coefficient (Wildman–Crippen LogP) is 3.12. The fraction of sp³-hybridized carbons (Fsp3) is 0.211. The van der Waals surface area contributed by atoms with E-state index >= 15 is 0 Å². The number of nitrogens with zero attached hydrogens (tertiary/aromatic N) is 3. The summed E-state index contributed by atoms with van der Waals surface area (Å²) in [5, 5.41) is 10.5. The molecule has 1 amide bonds. The van der Waals surface area contributed by atoms with E-state index < -0.39 is 12.5 Å². The largest absolute Gasteiger partial charge is 0.493 e. The van der Waals surface area contributed by atoms with E-state index in [2.05, 4.69) is 20.4 Å². The molecular formula is C19H18F2N4O3. The summed E-state index contributed by atoms with van der Waals surface area (Å²) < 4.78 is 35.9. The molecule has 3 rings (SSSR count). The Morgan fingerprint density at radius 2 is 1.93 bits per heavy atom. The number of benzene rings is 2. The molecule has 0 bridgehead atoms. The highest BCUT2D eigenvalue weighted by Gasteiger charge is 2.14. The number of alkyl halides is 2. The summed E-state index contributed by atoms with van der Waals surface area (Å²) in [6.45, 7) is -0.906. The quantitative estimate of drug-likeness (QED) is 0.673. The van der Waals surface area contributed by atoms with Crippen LogP contribution in [0.5, 0.6) is 11.5 Å². The number of aryl methyl sites for hydroxylation is 1. The van der Waals surface area contributed by atoms with E-state index in [1.165, 1.54) is 30.1 Å². The van der Waals surface area contributed by atoms with Crippen LogP contribution in [-0.4, -0.2) is 34.6 Å². The van der Waals surface area contributed by atoms with Gasteiger partial charge >= 0.3 is 6.61 Å². The summed E-state index contributed by atoms with van der Waals surface area (Å²) in [4.78, 5) is 12.3. The normalized spacial score (nSPS) is 10.8. The minimum absolute atomic E-state index is 0.0970. The van der Waals surface area contributed by atoms with Crippen molar-refractivity contribution in [3.8, 4) is 17.2 Å². The van der Waals surface area contributed by atoms with Gasteiger partial charge < -0.3 is 14.8 Å². The number of rotatable bonds is 7. The van der Waals surface area contributed by atoms with Gasteiger partial charge in [0, 0.05) is 6.54 Å². The number of amides is 1. The molecular weight excluding hydrogens is 370 g/mol. The molecule has 2 aromatic carbocycles. The lowest BCUT2D eigenvalue weighted by molar-refractivity contribution is -0.0512. The number of carbonyl (C=O) groups excluding carboxylic acids is 1. The van der Waals surface area contributed by atoms with Crippen molar-refractivity contribution in [2.45, 2.75) is 20.1 Å². The number of ether oxygens (including phenoxy) is 2. The first kappa shape index (κ1) is 19.3. The molecule has 0 saturated carbocycles. The average Bonchev–Trinajstić information content (AvgIpc) is 3.16. The molecule has 0 aliphatic rings. The van der Waals surface area contributed by atoms with Crippen molar-refractivity contribution < 1.29 is 23.0 Å². The van der Waals surface area contributed by atoms with Gasteiger partial charge in [0.1, 0.15) is 0 Å². The van der Waals surface area contributed by atoms with Crippen molar-refractivity contribution in [3.05, 3.63) is 65.5 Å². The summed E-state index contributed by atoms with van der Waals surface area (Å²) in [6.07, 6.45) is 1.51. The van der Waals surface area contributed by atoms with Crippen LogP contribution in [0.15, 0.2) is 48.7 Å². The standard InChI is InChI=1S/C19H18F2N4O3/c1-12-3-6-14(7-4-12)25-11-15(23-24-25)18(26)22-10-13-5-8-16(27-2)17(9-13)28-19(20)21/h3-9,11,19H,10H2,1-2H3,(H,22,26). The van der Waals surface area contributed by atoms with E-state index in [9.17, 15) is 13.6 Å². The molecule has 1 N–H and O–H groups in total. The molecule has 7 nitrogen and oxygen atoms in total. The molecule has 28 heavy (non-hydrogen) atoms. The number of hydrogen-bond donors (Lipinski definition) is 1. The Morgan fingerprint density at radius 1 is 1.18 bits per heavy atom. The van der Waals surface area contributed by atoms with Gasteiger partial charge in [-0.3, -0.25) is 4.79 Å². The van der Waals surface area contributed by atoms with Crippen molar-refractivity contribution in [1.29, 1.82) is 0 Å². The second kappa shape index (κ2) is 8.47. The molecule has 0 radical (unpaired) electrons. The molecule has 0 spiro atoms. The van der Waals surface area contributed by atoms with Crippen LogP contribution in [-0.2, 0) is 6.54 Å². The molecule has 1 aromatic heterocycles. The lowest BCUT2D eigenvalue weighted by Gasteiger charge is -2.11. The van der Waals surface area contributed by atoms with Gasteiger partial charge in [-0.2, -0.15) is 8.78 Å². The van der Waals surface area contributed by atoms with Crippen LogP contribution in [0.2, 0.25) is 0 Å². The maximum absolute atomic E-state index is 12.5. The molecule has 0 aliphatic heterocycles. The highest BCUT2D eigenvalue weighted by Crippen LogP contribution is 2.29. The van der Waals surface area contributed by atoms with Gasteiger partial charge in [-0.05, 0) is 36.8 Å². The molecule has 146 valence electrons. The smallest absolute Gasteiger partial charge is 0.387 e. The SMILES string of the molecule is COc1ccc(CNC(=O)c2cn(-c3ccc(C)cc3)nn2)cc1OC(F)F. The third-order valence-electron chi connectivity index (χ3n) is 3.92. The zero-order valence-electron chi connectivity index (χ0n) is 15.2. The van der Waals surface area contributed by atoms with Gasteiger partial charge in [0.15, 0.2) is 17.2 Å². The molecule has 0 aliphatic carbocycles. The lowest BCUT2D eigenvalue weighted by Crippen LogP contribution is -2.23. The van der Waals surface area contributed by atoms with Crippen LogP contribution in [0.4, 0.5) is 8.78 Å². The van der Waals surface area contributed by atoms with Crippen LogP contribution in [0.25, 0.3) is 5.69 Å². The van der Waals surface area contributed by atoms with Crippen molar-refractivity contribution >= 4 is 5.91 Å². The summed E-state index contributed by atoms with van der Waals surface area (Å²) >= 11 is 0. The van der Waals surface area contributed by atoms with Crippen molar-refractivity contribution in [1.82, 2.24) is 20.3 Å². The van der Waals surface area contributed by atoms with E-state index in [1.807, 2.05) is 31.2 Å². The Morgan fingerprint density at radius 3 is 2.61 bits per heavy atom. The minimum Gasteiger partial charge on any atom is -0.493 e. The van der Waals surface area contributed by atoms with Gasteiger partial charge in [0.2, 0.25) is 0 Å². The van der Waals surface area contributed by atoms with Crippen molar-refractivity contribution in [2.75, 3.05) is 7.11 Å². The van der Waals surface area contributed by atoms with E-state index in [-0.39, 0.29) is 23.7 Å². The molecule has 1 heterocycles. The van der Waals surface area contributed by atoms with Gasteiger partial charge in [0.05, 0.1) is 19.0 Å². The number of nitrogens with one attached hydrogen (secondary N) is 1. The summed E-state index contributed by atoms with van der Waals surface area (Å²) in [5.74, 6) is -0.364. The maximum Gasteiger partial charge on any atom is 0.387 e. The Balaban J connectivity index is 1.66. The van der Waals surface area contributed by atoms with E-state index in [0.717, 1.165) is 11.3 Å². The molecule has 0 atom stereocenters. The lowest BCUT2D eigenvalue weighted by atomic mass is 10.2. The molecule has 9 heteroatoms. The zero-order valence-corrected chi connectivity index (χ0v) is 15.2. The Labute approximate surface area is 159 Å². The van der Waals surface area contributed by atoms with E-state index in [1.54, 1.807) is 6.07 Å². The first-order valence-electron chi connectivity index (χ1n) is 8.35. The minimum atomic E-state index is -2.98. The monoisotopic (exact) mass is 388 g/mol. The third kappa shape index (κ3) is 4.61. The number of carbonyl (C=O) groups is 1. The Hall–Kier alpha value is -3.49. The van der Waals surface area contributed by atoms with Crippen LogP contribution in [0, 0.1) is 6.92 Å². The maximum atomic E-state index is 12.5. The van der Waals surface area contributed by atoms with E-state index in [0.29, 0.717) is 5.56 Å². The van der Waals surface area contributed by atoms with Gasteiger partial charge in [-0.15, -0.1) is 5.10 Å². The second-order valence-electron chi connectivity index (χ2n) is 5.93. The van der Waals surface area contributed by atoms with E-state index in [4.69, 9.17) is 4.74 Å². The average molecular weight is 388 g/mol. The van der Waals surface area contributed by atoms with Gasteiger partial charge in [-0.25, -0.2) is 4.68 Å². The highest BCUT2D eigenvalue weighted by atomic mass is 19.3. The number of methoxy groups -OCH3 is 1. The van der Waals surface area contributed by atoms with Crippen LogP contribution in [0.3, 0.4) is 0 Å². The fourth-order valence-electron chi connectivity index (χ4n) is 2.48. The number of aromatic nitrogens is 3. The fourth-order valence-corrected chi connectivity index (χ4v) is 2.48. The predicted molar refractivity (Wildman–Crippen MR) is 96.9 cm³/mol. The molecule has 0 fully saturated rings. The summed E-state index contributed by atoms with van der Waals surface area (Å²) in [7, 11) is 1.35. The highest BCUT2D eigenvalue weighted by molar-refractivity contribution is 5.91. The summed E-state index contributed by atoms with van der Waals surface area (Å²) in [5.41, 5.74) is 2.59. The van der Waals surface area contributed by atoms with Crippen molar-refractivity contribution in [2.24, 2.45) is 0 Å². The summed E-state index contributed by atoms with van der Waals surface area (Å²) in [6, 6.07) is 12.1. The van der Waals surface area contributed by atoms with Crippen LogP contribution >= 0.6 is 0 Å². The first-order valence-corrected chi connectivity index (χ1v) is 8.35. The topological polar surface area (TPSA) is 78.3 Å². The molecule has 3 aromatic rings. The van der Waals surface area contributed by atoms with Gasteiger partial charge in [0.25, 0.3) is 5.91 Å². The number of halogens is 2. The number of hydrogen-bond acceptors (Lipinski definition) is 5. The first-order chi connectivity index (χ1) is 13.5.